The summed E-state index contributed by atoms with van der Waals surface area (Å²) in [6.45, 7) is 4.80. The predicted octanol–water partition coefficient (Wildman–Crippen LogP) is 4.98. The normalized spacial score (nSPS) is 14.8. The van der Waals surface area contributed by atoms with Crippen molar-refractivity contribution >= 4 is 39.9 Å². The number of carbonyl (C=O) groups excluding carboxylic acids is 1. The lowest BCUT2D eigenvalue weighted by Gasteiger charge is -2.30. The lowest BCUT2D eigenvalue weighted by atomic mass is 10.0. The van der Waals surface area contributed by atoms with E-state index in [9.17, 15) is 18.0 Å². The Kier molecular flexibility index (Phi) is 6.06. The van der Waals surface area contributed by atoms with E-state index in [1.54, 1.807) is 6.07 Å². The van der Waals surface area contributed by atoms with Gasteiger partial charge in [-0.25, -0.2) is 9.97 Å². The van der Waals surface area contributed by atoms with Crippen LogP contribution in [0.4, 0.5) is 24.7 Å². The fraction of sp³-hybridized carbons (Fsp3) is 0.318. The maximum Gasteiger partial charge on any atom is 0.416 e. The summed E-state index contributed by atoms with van der Waals surface area (Å²) in [6, 6.07) is 3.20. The number of amides is 1. The molecule has 4 heterocycles. The highest BCUT2D eigenvalue weighted by molar-refractivity contribution is 6.34. The molecule has 11 heteroatoms. The summed E-state index contributed by atoms with van der Waals surface area (Å²) in [5.74, 6) is -0.267. The van der Waals surface area contributed by atoms with E-state index in [0.717, 1.165) is 23.3 Å². The summed E-state index contributed by atoms with van der Waals surface area (Å²) >= 11 is 6.13. The highest BCUT2D eigenvalue weighted by atomic mass is 35.5. The number of hydrogen-bond acceptors (Lipinski definition) is 6. The number of carbonyl (C=O) groups is 1. The third-order valence-corrected chi connectivity index (χ3v) is 5.57. The Morgan fingerprint density at radius 1 is 1.18 bits per heavy atom. The topological polar surface area (TPSA) is 90.6 Å². The number of fused-ring (bicyclic) bond motifs is 4. The first-order valence-corrected chi connectivity index (χ1v) is 10.6. The fourth-order valence-corrected chi connectivity index (χ4v) is 4.11. The molecular weight excluding hydrogens is 461 g/mol. The van der Waals surface area contributed by atoms with Crippen LogP contribution in [-0.4, -0.2) is 29.0 Å². The molecule has 0 fully saturated rings. The van der Waals surface area contributed by atoms with Crippen molar-refractivity contribution < 1.29 is 27.4 Å². The van der Waals surface area contributed by atoms with Crippen molar-refractivity contribution in [1.82, 2.24) is 9.97 Å². The molecule has 0 unspecified atom stereocenters. The number of benzene rings is 1. The number of nitrogens with zero attached hydrogens (tertiary/aromatic N) is 3. The Bertz CT molecular complexity index is 1250. The van der Waals surface area contributed by atoms with Crippen LogP contribution in [0.2, 0.25) is 5.02 Å². The van der Waals surface area contributed by atoms with Gasteiger partial charge in [0.25, 0.3) is 5.91 Å². The maximum atomic E-state index is 13.3. The van der Waals surface area contributed by atoms with Crippen LogP contribution in [0.1, 0.15) is 41.0 Å². The van der Waals surface area contributed by atoms with Gasteiger partial charge in [-0.05, 0) is 23.8 Å². The maximum absolute atomic E-state index is 13.3. The number of nitrogen functional groups attached to an aromatic ring is 1. The molecular formula is C22H20ClF3N4O3. The Labute approximate surface area is 192 Å². The van der Waals surface area contributed by atoms with Gasteiger partial charge in [-0.15, -0.1) is 0 Å². The van der Waals surface area contributed by atoms with E-state index in [4.69, 9.17) is 26.8 Å². The summed E-state index contributed by atoms with van der Waals surface area (Å²) < 4.78 is 50.2. The Morgan fingerprint density at radius 3 is 2.64 bits per heavy atom. The number of rotatable bonds is 1. The van der Waals surface area contributed by atoms with E-state index >= 15 is 0 Å². The Hall–Kier alpha value is -3.11. The third kappa shape index (κ3) is 4.04. The molecule has 0 aliphatic carbocycles. The molecule has 2 aromatic heterocycles. The van der Waals surface area contributed by atoms with Gasteiger partial charge in [0, 0.05) is 10.9 Å². The molecule has 1 aromatic carbocycles. The van der Waals surface area contributed by atoms with Gasteiger partial charge in [0.05, 0.1) is 42.1 Å². The van der Waals surface area contributed by atoms with Crippen LogP contribution < -0.4 is 15.4 Å². The van der Waals surface area contributed by atoms with E-state index in [-0.39, 0.29) is 35.3 Å². The number of ether oxygens (including phenoxy) is 2. The molecule has 174 valence electrons. The van der Waals surface area contributed by atoms with Crippen molar-refractivity contribution in [3.05, 3.63) is 51.8 Å². The van der Waals surface area contributed by atoms with Crippen LogP contribution in [-0.2, 0) is 24.1 Å². The first-order chi connectivity index (χ1) is 15.7. The molecule has 0 saturated heterocycles. The Morgan fingerprint density at radius 2 is 1.91 bits per heavy atom. The molecule has 0 atom stereocenters. The van der Waals surface area contributed by atoms with E-state index in [1.165, 1.54) is 11.1 Å². The second kappa shape index (κ2) is 8.68. The number of alkyl halides is 3. The predicted molar refractivity (Wildman–Crippen MR) is 117 cm³/mol. The number of halogens is 4. The van der Waals surface area contributed by atoms with Gasteiger partial charge in [0.1, 0.15) is 29.6 Å². The van der Waals surface area contributed by atoms with Crippen LogP contribution in [0, 0.1) is 0 Å². The van der Waals surface area contributed by atoms with Crippen molar-refractivity contribution in [1.29, 1.82) is 0 Å². The van der Waals surface area contributed by atoms with Gasteiger partial charge < -0.3 is 15.2 Å². The fourth-order valence-electron chi connectivity index (χ4n) is 3.80. The van der Waals surface area contributed by atoms with Crippen LogP contribution in [0.5, 0.6) is 5.75 Å². The molecule has 33 heavy (non-hydrogen) atoms. The van der Waals surface area contributed by atoms with Crippen molar-refractivity contribution in [3.63, 3.8) is 0 Å². The van der Waals surface area contributed by atoms with E-state index < -0.39 is 17.6 Å². The molecule has 0 bridgehead atoms. The molecule has 2 aliphatic rings. The minimum Gasteiger partial charge on any atom is -0.489 e. The van der Waals surface area contributed by atoms with Gasteiger partial charge in [0.15, 0.2) is 0 Å². The van der Waals surface area contributed by atoms with Crippen molar-refractivity contribution in [2.24, 2.45) is 0 Å². The Balaban J connectivity index is 0.00000126. The van der Waals surface area contributed by atoms with Crippen LogP contribution in [0.25, 0.3) is 10.9 Å². The molecule has 2 aliphatic heterocycles. The van der Waals surface area contributed by atoms with Crippen molar-refractivity contribution in [3.8, 4) is 5.75 Å². The van der Waals surface area contributed by atoms with Gasteiger partial charge in [-0.2, -0.15) is 13.2 Å². The zero-order valence-corrected chi connectivity index (χ0v) is 18.5. The SMILES string of the molecule is CC.Nc1nc2cnc(C(=O)N3CCOc4cc(C(F)(F)F)cc(Cl)c43)cc2c2c1COC2. The molecule has 0 spiro atoms. The number of nitrogens with two attached hydrogens (primary N) is 1. The van der Waals surface area contributed by atoms with E-state index in [0.29, 0.717) is 29.9 Å². The first-order valence-electron chi connectivity index (χ1n) is 10.2. The molecule has 3 aromatic rings. The van der Waals surface area contributed by atoms with Crippen LogP contribution in [0.15, 0.2) is 24.4 Å². The second-order valence-corrected chi connectivity index (χ2v) is 7.55. The summed E-state index contributed by atoms with van der Waals surface area (Å²) in [6.07, 6.45) is -3.15. The van der Waals surface area contributed by atoms with E-state index in [2.05, 4.69) is 9.97 Å². The van der Waals surface area contributed by atoms with Crippen LogP contribution in [0.3, 0.4) is 0 Å². The summed E-state index contributed by atoms with van der Waals surface area (Å²) in [4.78, 5) is 23.0. The van der Waals surface area contributed by atoms with Crippen molar-refractivity contribution in [2.75, 3.05) is 23.8 Å². The number of pyridine rings is 2. The highest BCUT2D eigenvalue weighted by Crippen LogP contribution is 2.44. The summed E-state index contributed by atoms with van der Waals surface area (Å²) in [7, 11) is 0. The number of hydrogen-bond donors (Lipinski definition) is 1. The van der Waals surface area contributed by atoms with Crippen molar-refractivity contribution in [2.45, 2.75) is 33.2 Å². The smallest absolute Gasteiger partial charge is 0.416 e. The average Bonchev–Trinajstić information content (AvgIpc) is 3.30. The lowest BCUT2D eigenvalue weighted by molar-refractivity contribution is -0.137. The quantitative estimate of drug-likeness (QED) is 0.528. The van der Waals surface area contributed by atoms with Gasteiger partial charge >= 0.3 is 6.18 Å². The molecule has 0 radical (unpaired) electrons. The standard InChI is InChI=1S/C20H14ClF3N4O3.C2H6/c21-13-3-9(20(22,23)24)4-16-17(13)28(1-2-31-16)19(29)14-5-10-11-7-30-8-12(11)18(25)27-15(10)6-26-14;1-2/h3-6H,1-2,7-8H2,(H2,25,27);1-2H3. The minimum absolute atomic E-state index is 0.0191. The molecule has 1 amide bonds. The molecule has 2 N–H and O–H groups in total. The third-order valence-electron chi connectivity index (χ3n) is 5.28. The average molecular weight is 481 g/mol. The zero-order chi connectivity index (χ0) is 23.9. The molecule has 5 rings (SSSR count). The zero-order valence-electron chi connectivity index (χ0n) is 17.8. The van der Waals surface area contributed by atoms with Gasteiger partial charge in [-0.1, -0.05) is 25.4 Å². The number of anilines is 2. The van der Waals surface area contributed by atoms with Gasteiger partial charge in [0.2, 0.25) is 0 Å². The monoisotopic (exact) mass is 480 g/mol. The highest BCUT2D eigenvalue weighted by Gasteiger charge is 2.35. The summed E-state index contributed by atoms with van der Waals surface area (Å²) in [5.41, 5.74) is 7.33. The lowest BCUT2D eigenvalue weighted by Crippen LogP contribution is -2.38. The molecule has 0 saturated carbocycles. The van der Waals surface area contributed by atoms with Gasteiger partial charge in [-0.3, -0.25) is 9.69 Å². The van der Waals surface area contributed by atoms with Crippen LogP contribution >= 0.6 is 11.6 Å². The minimum atomic E-state index is -4.59. The number of aromatic nitrogens is 2. The first kappa shape index (κ1) is 23.1. The molecule has 7 nitrogen and oxygen atoms in total. The summed E-state index contributed by atoms with van der Waals surface area (Å²) in [5, 5.41) is 0.453. The van der Waals surface area contributed by atoms with E-state index in [1.807, 2.05) is 13.8 Å². The largest absolute Gasteiger partial charge is 0.489 e. The second-order valence-electron chi connectivity index (χ2n) is 7.14.